The van der Waals surface area contributed by atoms with Gasteiger partial charge in [0, 0.05) is 24.9 Å². The van der Waals surface area contributed by atoms with Gasteiger partial charge in [-0.2, -0.15) is 0 Å². The van der Waals surface area contributed by atoms with Crippen molar-refractivity contribution >= 4 is 11.5 Å². The minimum absolute atomic E-state index is 0.0886. The fraction of sp³-hybridized carbons (Fsp3) is 0.273. The number of anilines is 1. The molecule has 3 N–H and O–H groups in total. The SMILES string of the molecule is CCCc1nccn1-c1nc(NN)ccc1[N+](=O)[O-]. The summed E-state index contributed by atoms with van der Waals surface area (Å²) in [6.45, 7) is 2.01. The summed E-state index contributed by atoms with van der Waals surface area (Å²) < 4.78 is 1.61. The highest BCUT2D eigenvalue weighted by Crippen LogP contribution is 2.24. The number of nitrogens with zero attached hydrogens (tertiary/aromatic N) is 4. The number of hydrogen-bond donors (Lipinski definition) is 2. The second-order valence-electron chi connectivity index (χ2n) is 3.90. The average molecular weight is 262 g/mol. The molecule has 8 nitrogen and oxygen atoms in total. The summed E-state index contributed by atoms with van der Waals surface area (Å²) in [6.07, 6.45) is 4.85. The summed E-state index contributed by atoms with van der Waals surface area (Å²) in [5.74, 6) is 6.58. The Morgan fingerprint density at radius 2 is 2.32 bits per heavy atom. The molecule has 0 saturated carbocycles. The van der Waals surface area contributed by atoms with Crippen LogP contribution in [0.25, 0.3) is 5.82 Å². The molecule has 0 aliphatic heterocycles. The fourth-order valence-electron chi connectivity index (χ4n) is 1.78. The summed E-state index contributed by atoms with van der Waals surface area (Å²) in [7, 11) is 0. The van der Waals surface area contributed by atoms with Crippen molar-refractivity contribution in [3.05, 3.63) is 40.5 Å². The highest BCUT2D eigenvalue weighted by Gasteiger charge is 2.19. The van der Waals surface area contributed by atoms with Crippen molar-refractivity contribution in [1.29, 1.82) is 0 Å². The summed E-state index contributed by atoms with van der Waals surface area (Å²) in [4.78, 5) is 18.9. The topological polar surface area (TPSA) is 112 Å². The standard InChI is InChI=1S/C11H14N6O2/c1-2-3-10-13-6-7-16(10)11-8(17(18)19)4-5-9(14-11)15-12/h4-7H,2-3,12H2,1H3,(H,14,15). The molecule has 2 aromatic rings. The van der Waals surface area contributed by atoms with Crippen molar-refractivity contribution in [3.8, 4) is 5.82 Å². The molecule has 0 aromatic carbocycles. The summed E-state index contributed by atoms with van der Waals surface area (Å²) in [5.41, 5.74) is 2.29. The molecule has 0 unspecified atom stereocenters. The molecule has 2 heterocycles. The van der Waals surface area contributed by atoms with Gasteiger partial charge < -0.3 is 5.43 Å². The molecule has 0 radical (unpaired) electrons. The van der Waals surface area contributed by atoms with Gasteiger partial charge in [-0.15, -0.1) is 0 Å². The van der Waals surface area contributed by atoms with Crippen LogP contribution in [0.2, 0.25) is 0 Å². The highest BCUT2D eigenvalue weighted by atomic mass is 16.6. The van der Waals surface area contributed by atoms with E-state index in [1.807, 2.05) is 6.92 Å². The zero-order chi connectivity index (χ0) is 13.8. The Morgan fingerprint density at radius 1 is 1.53 bits per heavy atom. The predicted octanol–water partition coefficient (Wildman–Crippen LogP) is 1.41. The Labute approximate surface area is 109 Å². The van der Waals surface area contributed by atoms with Crippen LogP contribution < -0.4 is 11.3 Å². The first kappa shape index (κ1) is 13.0. The first-order valence-electron chi connectivity index (χ1n) is 5.82. The van der Waals surface area contributed by atoms with Crippen LogP contribution in [-0.4, -0.2) is 19.5 Å². The van der Waals surface area contributed by atoms with Crippen LogP contribution in [0.5, 0.6) is 0 Å². The van der Waals surface area contributed by atoms with E-state index in [1.165, 1.54) is 12.1 Å². The second kappa shape index (κ2) is 5.44. The van der Waals surface area contributed by atoms with Gasteiger partial charge in [0.1, 0.15) is 11.6 Å². The minimum atomic E-state index is -0.474. The molecule has 100 valence electrons. The molecule has 8 heteroatoms. The highest BCUT2D eigenvalue weighted by molar-refractivity contribution is 5.53. The minimum Gasteiger partial charge on any atom is -0.308 e. The normalized spacial score (nSPS) is 10.4. The van der Waals surface area contributed by atoms with E-state index in [9.17, 15) is 10.1 Å². The largest absolute Gasteiger partial charge is 0.312 e. The number of hydrogen-bond acceptors (Lipinski definition) is 6. The number of rotatable bonds is 5. The number of aryl methyl sites for hydroxylation is 1. The third-order valence-electron chi connectivity index (χ3n) is 2.62. The number of nitrogens with two attached hydrogens (primary N) is 1. The van der Waals surface area contributed by atoms with Crippen molar-refractivity contribution in [2.24, 2.45) is 5.84 Å². The van der Waals surface area contributed by atoms with E-state index in [1.54, 1.807) is 17.0 Å². The molecule has 2 rings (SSSR count). The van der Waals surface area contributed by atoms with Crippen LogP contribution in [0.4, 0.5) is 11.5 Å². The quantitative estimate of drug-likeness (QED) is 0.478. The lowest BCUT2D eigenvalue weighted by Crippen LogP contribution is -2.12. The molecular weight excluding hydrogens is 248 g/mol. The number of pyridine rings is 1. The first-order valence-corrected chi connectivity index (χ1v) is 5.82. The molecule has 0 spiro atoms. The molecule has 0 saturated heterocycles. The zero-order valence-electron chi connectivity index (χ0n) is 10.4. The molecule has 0 atom stereocenters. The number of aromatic nitrogens is 3. The Balaban J connectivity index is 2.58. The number of nitrogen functional groups attached to an aromatic ring is 1. The van der Waals surface area contributed by atoms with E-state index in [-0.39, 0.29) is 11.5 Å². The van der Waals surface area contributed by atoms with Gasteiger partial charge in [0.15, 0.2) is 0 Å². The van der Waals surface area contributed by atoms with Crippen LogP contribution in [0.15, 0.2) is 24.5 Å². The lowest BCUT2D eigenvalue weighted by molar-refractivity contribution is -0.384. The Morgan fingerprint density at radius 3 is 2.95 bits per heavy atom. The summed E-state index contributed by atoms with van der Waals surface area (Å²) >= 11 is 0. The maximum Gasteiger partial charge on any atom is 0.312 e. The van der Waals surface area contributed by atoms with E-state index < -0.39 is 4.92 Å². The van der Waals surface area contributed by atoms with Crippen LogP contribution >= 0.6 is 0 Å². The van der Waals surface area contributed by atoms with Gasteiger partial charge in [-0.25, -0.2) is 15.8 Å². The summed E-state index contributed by atoms with van der Waals surface area (Å²) in [6, 6.07) is 2.82. The molecule has 0 fully saturated rings. The Bertz CT molecular complexity index is 595. The van der Waals surface area contributed by atoms with E-state index in [0.717, 1.165) is 12.2 Å². The Hall–Kier alpha value is -2.48. The van der Waals surface area contributed by atoms with E-state index in [0.29, 0.717) is 12.2 Å². The van der Waals surface area contributed by atoms with Crippen LogP contribution in [0.3, 0.4) is 0 Å². The average Bonchev–Trinajstić information content (AvgIpc) is 2.86. The third kappa shape index (κ3) is 2.52. The van der Waals surface area contributed by atoms with Crippen molar-refractivity contribution < 1.29 is 4.92 Å². The maximum atomic E-state index is 11.1. The molecular formula is C11H14N6O2. The number of nitrogens with one attached hydrogen (secondary N) is 1. The van der Waals surface area contributed by atoms with E-state index in [2.05, 4.69) is 15.4 Å². The second-order valence-corrected chi connectivity index (χ2v) is 3.90. The van der Waals surface area contributed by atoms with Crippen LogP contribution in [-0.2, 0) is 6.42 Å². The lowest BCUT2D eigenvalue weighted by atomic mass is 10.3. The van der Waals surface area contributed by atoms with Crippen molar-refractivity contribution in [1.82, 2.24) is 14.5 Å². The smallest absolute Gasteiger partial charge is 0.308 e. The van der Waals surface area contributed by atoms with E-state index >= 15 is 0 Å². The summed E-state index contributed by atoms with van der Waals surface area (Å²) in [5, 5.41) is 11.1. The molecule has 0 aliphatic rings. The predicted molar refractivity (Wildman–Crippen MR) is 69.8 cm³/mol. The van der Waals surface area contributed by atoms with Gasteiger partial charge in [-0.1, -0.05) is 6.92 Å². The number of nitro groups is 1. The maximum absolute atomic E-state index is 11.1. The molecule has 2 aromatic heterocycles. The van der Waals surface area contributed by atoms with Crippen LogP contribution in [0, 0.1) is 10.1 Å². The monoisotopic (exact) mass is 262 g/mol. The number of hydrazine groups is 1. The molecule has 0 aliphatic carbocycles. The zero-order valence-corrected chi connectivity index (χ0v) is 10.4. The van der Waals surface area contributed by atoms with Crippen molar-refractivity contribution in [2.45, 2.75) is 19.8 Å². The van der Waals surface area contributed by atoms with Crippen molar-refractivity contribution in [2.75, 3.05) is 5.43 Å². The first-order chi connectivity index (χ1) is 9.17. The van der Waals surface area contributed by atoms with Gasteiger partial charge in [-0.05, 0) is 12.5 Å². The fourth-order valence-corrected chi connectivity index (χ4v) is 1.78. The van der Waals surface area contributed by atoms with Gasteiger partial charge in [0.25, 0.3) is 0 Å². The van der Waals surface area contributed by atoms with Crippen molar-refractivity contribution in [3.63, 3.8) is 0 Å². The lowest BCUT2D eigenvalue weighted by Gasteiger charge is -2.08. The van der Waals surface area contributed by atoms with E-state index in [4.69, 9.17) is 5.84 Å². The van der Waals surface area contributed by atoms with Crippen LogP contribution in [0.1, 0.15) is 19.2 Å². The molecule has 0 amide bonds. The van der Waals surface area contributed by atoms with Gasteiger partial charge in [0.05, 0.1) is 4.92 Å². The molecule has 0 bridgehead atoms. The molecule has 19 heavy (non-hydrogen) atoms. The van der Waals surface area contributed by atoms with Gasteiger partial charge in [0.2, 0.25) is 5.82 Å². The van der Waals surface area contributed by atoms with Gasteiger partial charge >= 0.3 is 5.69 Å². The van der Waals surface area contributed by atoms with Gasteiger partial charge in [-0.3, -0.25) is 14.7 Å². The number of imidazole rings is 1. The Kier molecular flexibility index (Phi) is 3.71. The third-order valence-corrected chi connectivity index (χ3v) is 2.62.